The number of hydrogen-bond acceptors (Lipinski definition) is 4. The second-order valence-electron chi connectivity index (χ2n) is 4.55. The SMILES string of the molecule is CC[C@H](c1cccnc1)N(C)C(=O)c1ccc(CO)o1. The van der Waals surface area contributed by atoms with Crippen molar-refractivity contribution in [3.63, 3.8) is 0 Å². The van der Waals surface area contributed by atoms with Crippen molar-refractivity contribution in [3.05, 3.63) is 53.7 Å². The molecule has 0 aliphatic heterocycles. The van der Waals surface area contributed by atoms with Crippen molar-refractivity contribution >= 4 is 5.91 Å². The van der Waals surface area contributed by atoms with Gasteiger partial charge in [-0.2, -0.15) is 0 Å². The first-order valence-electron chi connectivity index (χ1n) is 6.54. The van der Waals surface area contributed by atoms with Crippen molar-refractivity contribution in [1.82, 2.24) is 9.88 Å². The Bertz CT molecular complexity index is 566. The predicted octanol–water partition coefficient (Wildman–Crippen LogP) is 2.39. The third kappa shape index (κ3) is 2.88. The smallest absolute Gasteiger partial charge is 0.289 e. The van der Waals surface area contributed by atoms with Gasteiger partial charge < -0.3 is 14.4 Å². The maximum Gasteiger partial charge on any atom is 0.289 e. The van der Waals surface area contributed by atoms with Crippen LogP contribution in [-0.4, -0.2) is 27.9 Å². The summed E-state index contributed by atoms with van der Waals surface area (Å²) in [5.74, 6) is 0.412. The number of carbonyl (C=O) groups is 1. The predicted molar refractivity (Wildman–Crippen MR) is 74.0 cm³/mol. The number of amides is 1. The fourth-order valence-corrected chi connectivity index (χ4v) is 2.20. The van der Waals surface area contributed by atoms with Gasteiger partial charge in [0, 0.05) is 19.4 Å². The molecule has 0 spiro atoms. The van der Waals surface area contributed by atoms with E-state index in [1.807, 2.05) is 19.1 Å². The molecule has 0 fully saturated rings. The third-order valence-electron chi connectivity index (χ3n) is 3.27. The minimum Gasteiger partial charge on any atom is -0.453 e. The number of furan rings is 1. The Labute approximate surface area is 117 Å². The fraction of sp³-hybridized carbons (Fsp3) is 0.333. The molecule has 0 aliphatic rings. The van der Waals surface area contributed by atoms with Crippen LogP contribution < -0.4 is 0 Å². The molecule has 20 heavy (non-hydrogen) atoms. The summed E-state index contributed by atoms with van der Waals surface area (Å²) in [6, 6.07) is 6.94. The average Bonchev–Trinajstić information content (AvgIpc) is 2.97. The number of aliphatic hydroxyl groups excluding tert-OH is 1. The lowest BCUT2D eigenvalue weighted by Gasteiger charge is -2.26. The lowest BCUT2D eigenvalue weighted by Crippen LogP contribution is -2.30. The number of carbonyl (C=O) groups excluding carboxylic acids is 1. The van der Waals surface area contributed by atoms with Crippen LogP contribution >= 0.6 is 0 Å². The Kier molecular flexibility index (Phi) is 4.53. The number of nitrogens with zero attached hydrogens (tertiary/aromatic N) is 2. The number of aliphatic hydroxyl groups is 1. The molecule has 2 heterocycles. The van der Waals surface area contributed by atoms with E-state index in [9.17, 15) is 4.79 Å². The van der Waals surface area contributed by atoms with Crippen molar-refractivity contribution in [2.24, 2.45) is 0 Å². The molecule has 1 amide bonds. The molecule has 0 radical (unpaired) electrons. The Morgan fingerprint density at radius 2 is 2.25 bits per heavy atom. The summed E-state index contributed by atoms with van der Waals surface area (Å²) in [5, 5.41) is 8.98. The highest BCUT2D eigenvalue weighted by molar-refractivity contribution is 5.91. The third-order valence-corrected chi connectivity index (χ3v) is 3.27. The van der Waals surface area contributed by atoms with Crippen LogP contribution in [0, 0.1) is 0 Å². The largest absolute Gasteiger partial charge is 0.453 e. The molecule has 5 heteroatoms. The molecular weight excluding hydrogens is 256 g/mol. The van der Waals surface area contributed by atoms with Gasteiger partial charge in [-0.05, 0) is 30.2 Å². The van der Waals surface area contributed by atoms with Gasteiger partial charge in [-0.3, -0.25) is 9.78 Å². The second kappa shape index (κ2) is 6.34. The van der Waals surface area contributed by atoms with E-state index in [1.165, 1.54) is 0 Å². The molecule has 2 rings (SSSR count). The zero-order valence-corrected chi connectivity index (χ0v) is 11.6. The van der Waals surface area contributed by atoms with Gasteiger partial charge in [0.2, 0.25) is 0 Å². The van der Waals surface area contributed by atoms with Crippen LogP contribution in [0.15, 0.2) is 41.1 Å². The molecule has 1 N–H and O–H groups in total. The topological polar surface area (TPSA) is 66.6 Å². The van der Waals surface area contributed by atoms with Gasteiger partial charge in [0.15, 0.2) is 5.76 Å². The van der Waals surface area contributed by atoms with E-state index >= 15 is 0 Å². The van der Waals surface area contributed by atoms with Gasteiger partial charge in [0.05, 0.1) is 6.04 Å². The van der Waals surface area contributed by atoms with E-state index in [-0.39, 0.29) is 24.3 Å². The van der Waals surface area contributed by atoms with Gasteiger partial charge in [0.25, 0.3) is 5.91 Å². The summed E-state index contributed by atoms with van der Waals surface area (Å²) in [6.45, 7) is 1.81. The van der Waals surface area contributed by atoms with Gasteiger partial charge in [0.1, 0.15) is 12.4 Å². The van der Waals surface area contributed by atoms with E-state index in [0.717, 1.165) is 12.0 Å². The molecule has 0 bridgehead atoms. The summed E-state index contributed by atoms with van der Waals surface area (Å²) < 4.78 is 5.29. The molecule has 5 nitrogen and oxygen atoms in total. The van der Waals surface area contributed by atoms with Crippen LogP contribution in [0.4, 0.5) is 0 Å². The lowest BCUT2D eigenvalue weighted by atomic mass is 10.1. The summed E-state index contributed by atoms with van der Waals surface area (Å²) in [7, 11) is 1.74. The minimum absolute atomic E-state index is 0.0566. The number of pyridine rings is 1. The second-order valence-corrected chi connectivity index (χ2v) is 4.55. The minimum atomic E-state index is -0.212. The van der Waals surface area contributed by atoms with Crippen molar-refractivity contribution in [1.29, 1.82) is 0 Å². The Morgan fingerprint density at radius 3 is 2.80 bits per heavy atom. The molecule has 1 atom stereocenters. The summed E-state index contributed by atoms with van der Waals surface area (Å²) in [5.41, 5.74) is 0.986. The fourth-order valence-electron chi connectivity index (χ4n) is 2.20. The maximum absolute atomic E-state index is 12.4. The molecule has 2 aromatic heterocycles. The summed E-state index contributed by atoms with van der Waals surface area (Å²) in [6.07, 6.45) is 4.25. The van der Waals surface area contributed by atoms with Gasteiger partial charge in [-0.25, -0.2) is 0 Å². The summed E-state index contributed by atoms with van der Waals surface area (Å²) >= 11 is 0. The number of rotatable bonds is 5. The number of hydrogen-bond donors (Lipinski definition) is 1. The van der Waals surface area contributed by atoms with Crippen molar-refractivity contribution < 1.29 is 14.3 Å². The van der Waals surface area contributed by atoms with Gasteiger partial charge in [-0.15, -0.1) is 0 Å². The molecular formula is C15H18N2O3. The van der Waals surface area contributed by atoms with Crippen molar-refractivity contribution in [3.8, 4) is 0 Å². The van der Waals surface area contributed by atoms with E-state index < -0.39 is 0 Å². The monoisotopic (exact) mass is 274 g/mol. The lowest BCUT2D eigenvalue weighted by molar-refractivity contribution is 0.0689. The molecule has 0 saturated heterocycles. The molecule has 106 valence electrons. The maximum atomic E-state index is 12.4. The zero-order valence-electron chi connectivity index (χ0n) is 11.6. The first-order chi connectivity index (χ1) is 9.67. The first-order valence-corrected chi connectivity index (χ1v) is 6.54. The molecule has 0 unspecified atom stereocenters. The standard InChI is InChI=1S/C15H18N2O3/c1-3-13(11-5-4-8-16-9-11)17(2)15(19)14-7-6-12(10-18)20-14/h4-9,13,18H,3,10H2,1-2H3/t13-/m1/s1. The van der Waals surface area contributed by atoms with Gasteiger partial charge >= 0.3 is 0 Å². The average molecular weight is 274 g/mol. The van der Waals surface area contributed by atoms with E-state index in [0.29, 0.717) is 5.76 Å². The molecule has 0 aliphatic carbocycles. The quantitative estimate of drug-likeness (QED) is 0.909. The highest BCUT2D eigenvalue weighted by atomic mass is 16.4. The Hall–Kier alpha value is -2.14. The summed E-state index contributed by atoms with van der Waals surface area (Å²) in [4.78, 5) is 18.1. The van der Waals surface area contributed by atoms with E-state index in [4.69, 9.17) is 9.52 Å². The van der Waals surface area contributed by atoms with Crippen LogP contribution in [0.25, 0.3) is 0 Å². The normalized spacial score (nSPS) is 12.2. The molecule has 0 saturated carbocycles. The van der Waals surface area contributed by atoms with Crippen LogP contribution in [0.1, 0.15) is 41.3 Å². The highest BCUT2D eigenvalue weighted by Crippen LogP contribution is 2.24. The molecule has 2 aromatic rings. The first kappa shape index (κ1) is 14.3. The van der Waals surface area contributed by atoms with E-state index in [2.05, 4.69) is 4.98 Å². The Morgan fingerprint density at radius 1 is 1.45 bits per heavy atom. The highest BCUT2D eigenvalue weighted by Gasteiger charge is 2.23. The van der Waals surface area contributed by atoms with E-state index in [1.54, 1.807) is 36.5 Å². The van der Waals surface area contributed by atoms with Crippen LogP contribution in [0.2, 0.25) is 0 Å². The van der Waals surface area contributed by atoms with Gasteiger partial charge in [-0.1, -0.05) is 13.0 Å². The molecule has 0 aromatic carbocycles. The van der Waals surface area contributed by atoms with Crippen LogP contribution in [0.3, 0.4) is 0 Å². The van der Waals surface area contributed by atoms with Crippen LogP contribution in [-0.2, 0) is 6.61 Å². The van der Waals surface area contributed by atoms with Crippen LogP contribution in [0.5, 0.6) is 0 Å². The zero-order chi connectivity index (χ0) is 14.5. The Balaban J connectivity index is 2.20. The number of aromatic nitrogens is 1. The van der Waals surface area contributed by atoms with Crippen molar-refractivity contribution in [2.75, 3.05) is 7.05 Å². The van der Waals surface area contributed by atoms with Crippen molar-refractivity contribution in [2.45, 2.75) is 26.0 Å².